The van der Waals surface area contributed by atoms with Crippen molar-refractivity contribution in [3.63, 3.8) is 0 Å². The first kappa shape index (κ1) is 33.7. The van der Waals surface area contributed by atoms with Crippen molar-refractivity contribution in [2.45, 2.75) is 154 Å². The van der Waals surface area contributed by atoms with E-state index in [1.165, 1.54) is 51.4 Å². The summed E-state index contributed by atoms with van der Waals surface area (Å²) in [6, 6.07) is 0. The van der Waals surface area contributed by atoms with Crippen LogP contribution in [0.25, 0.3) is 0 Å². The zero-order valence-electron chi connectivity index (χ0n) is 20.4. The van der Waals surface area contributed by atoms with E-state index in [4.69, 9.17) is 0 Å². The number of aliphatic hydroxyl groups is 1. The Morgan fingerprint density at radius 1 is 0.600 bits per heavy atom. The molecule has 0 aliphatic carbocycles. The molecule has 2 unspecified atom stereocenters. The quantitative estimate of drug-likeness (QED) is 0.146. The SMILES string of the molecule is CCCCCCCCCCC(CCCCCCC(O)CCCCCC)S(=O)(=O)[O-].[K+]. The predicted octanol–water partition coefficient (Wildman–Crippen LogP) is 4.11. The van der Waals surface area contributed by atoms with Crippen LogP contribution in [-0.2, 0) is 10.1 Å². The van der Waals surface area contributed by atoms with E-state index in [9.17, 15) is 18.1 Å². The summed E-state index contributed by atoms with van der Waals surface area (Å²) >= 11 is 0. The molecule has 1 N–H and O–H groups in total. The molecule has 0 fully saturated rings. The molecule has 0 spiro atoms. The summed E-state index contributed by atoms with van der Waals surface area (Å²) in [5.41, 5.74) is 0. The van der Waals surface area contributed by atoms with Crippen molar-refractivity contribution < 1.29 is 69.5 Å². The van der Waals surface area contributed by atoms with Gasteiger partial charge in [-0.25, -0.2) is 8.42 Å². The molecule has 176 valence electrons. The Bertz CT molecular complexity index is 442. The van der Waals surface area contributed by atoms with Gasteiger partial charge in [0.2, 0.25) is 0 Å². The monoisotopic (exact) mass is 472 g/mol. The number of hydrogen-bond donors (Lipinski definition) is 1. The van der Waals surface area contributed by atoms with Crippen molar-refractivity contribution in [1.29, 1.82) is 0 Å². The first-order chi connectivity index (χ1) is 13.9. The van der Waals surface area contributed by atoms with Crippen LogP contribution in [0.3, 0.4) is 0 Å². The molecule has 0 heterocycles. The molecule has 0 aromatic carbocycles. The fourth-order valence-electron chi connectivity index (χ4n) is 4.00. The number of hydrogen-bond acceptors (Lipinski definition) is 4. The average Bonchev–Trinajstić information content (AvgIpc) is 2.67. The maximum atomic E-state index is 11.5. The van der Waals surface area contributed by atoms with Crippen molar-refractivity contribution in [2.24, 2.45) is 0 Å². The van der Waals surface area contributed by atoms with Crippen LogP contribution in [0.4, 0.5) is 0 Å². The Kier molecular flexibility index (Phi) is 26.6. The Morgan fingerprint density at radius 3 is 1.27 bits per heavy atom. The van der Waals surface area contributed by atoms with E-state index >= 15 is 0 Å². The molecule has 0 aromatic rings. The Balaban J connectivity index is 0. The molecule has 0 saturated heterocycles. The minimum Gasteiger partial charge on any atom is -0.748 e. The maximum absolute atomic E-state index is 11.5. The van der Waals surface area contributed by atoms with E-state index in [1.54, 1.807) is 0 Å². The van der Waals surface area contributed by atoms with Gasteiger partial charge in [0.1, 0.15) is 0 Å². The molecule has 0 aliphatic rings. The van der Waals surface area contributed by atoms with Crippen LogP contribution in [-0.4, -0.2) is 29.4 Å². The Morgan fingerprint density at radius 2 is 0.900 bits per heavy atom. The van der Waals surface area contributed by atoms with E-state index in [2.05, 4.69) is 13.8 Å². The van der Waals surface area contributed by atoms with Gasteiger partial charge in [-0.2, -0.15) is 0 Å². The average molecular weight is 473 g/mol. The molecular formula is C24H49KO4S. The van der Waals surface area contributed by atoms with Gasteiger partial charge in [-0.3, -0.25) is 0 Å². The standard InChI is InChI=1S/C24H50O4S.K/c1-3-5-7-9-10-11-12-17-21-24(29(26,27)28)22-18-14-13-16-20-23(25)19-15-8-6-4-2;/h23-25H,3-22H2,1-2H3,(H,26,27,28);/q;+1/p-1. The normalized spacial score (nSPS) is 13.7. The van der Waals surface area contributed by atoms with Gasteiger partial charge in [-0.05, 0) is 25.7 Å². The van der Waals surface area contributed by atoms with E-state index in [-0.39, 0.29) is 57.5 Å². The van der Waals surface area contributed by atoms with Gasteiger partial charge in [0.25, 0.3) is 0 Å². The second-order valence-corrected chi connectivity index (χ2v) is 10.5. The molecule has 0 bridgehead atoms. The molecule has 0 aromatic heterocycles. The summed E-state index contributed by atoms with van der Waals surface area (Å²) in [4.78, 5) is 0. The summed E-state index contributed by atoms with van der Waals surface area (Å²) < 4.78 is 34.6. The molecule has 0 rings (SSSR count). The minimum atomic E-state index is -4.18. The largest absolute Gasteiger partial charge is 1.00 e. The van der Waals surface area contributed by atoms with Gasteiger partial charge in [0.15, 0.2) is 0 Å². The summed E-state index contributed by atoms with van der Waals surface area (Å²) in [7, 11) is -4.18. The molecule has 30 heavy (non-hydrogen) atoms. The topological polar surface area (TPSA) is 77.4 Å². The molecule has 0 radical (unpaired) electrons. The first-order valence-electron chi connectivity index (χ1n) is 12.5. The molecule has 2 atom stereocenters. The van der Waals surface area contributed by atoms with Gasteiger partial charge in [0, 0.05) is 5.25 Å². The van der Waals surface area contributed by atoms with Gasteiger partial charge < -0.3 is 9.66 Å². The fourth-order valence-corrected chi connectivity index (χ4v) is 4.91. The van der Waals surface area contributed by atoms with Crippen molar-refractivity contribution in [3.8, 4) is 0 Å². The minimum absolute atomic E-state index is 0. The molecule has 0 amide bonds. The Labute approximate surface area is 230 Å². The van der Waals surface area contributed by atoms with Gasteiger partial charge in [-0.15, -0.1) is 0 Å². The van der Waals surface area contributed by atoms with Crippen molar-refractivity contribution in [2.75, 3.05) is 0 Å². The smallest absolute Gasteiger partial charge is 0.748 e. The molecule has 0 saturated carbocycles. The van der Waals surface area contributed by atoms with E-state index in [0.717, 1.165) is 64.2 Å². The van der Waals surface area contributed by atoms with Gasteiger partial charge in [-0.1, -0.05) is 117 Å². The molecular weight excluding hydrogens is 423 g/mol. The van der Waals surface area contributed by atoms with Crippen LogP contribution in [0.5, 0.6) is 0 Å². The number of unbranched alkanes of at least 4 members (excludes halogenated alkanes) is 13. The summed E-state index contributed by atoms with van der Waals surface area (Å²) in [5.74, 6) is 0. The van der Waals surface area contributed by atoms with Crippen molar-refractivity contribution in [3.05, 3.63) is 0 Å². The van der Waals surface area contributed by atoms with E-state index in [0.29, 0.717) is 12.8 Å². The van der Waals surface area contributed by atoms with Crippen LogP contribution in [0.1, 0.15) is 142 Å². The zero-order chi connectivity index (χ0) is 21.8. The van der Waals surface area contributed by atoms with Gasteiger partial charge in [0.05, 0.1) is 16.2 Å². The van der Waals surface area contributed by atoms with Crippen LogP contribution in [0.2, 0.25) is 0 Å². The summed E-state index contributed by atoms with van der Waals surface area (Å²) in [6.07, 6.45) is 20.5. The van der Waals surface area contributed by atoms with Crippen molar-refractivity contribution in [1.82, 2.24) is 0 Å². The van der Waals surface area contributed by atoms with Crippen molar-refractivity contribution >= 4 is 10.1 Å². The Hall–Kier alpha value is 1.51. The van der Waals surface area contributed by atoms with Gasteiger partial charge >= 0.3 is 51.4 Å². The second-order valence-electron chi connectivity index (χ2n) is 8.87. The summed E-state index contributed by atoms with van der Waals surface area (Å²) in [6.45, 7) is 4.40. The zero-order valence-corrected chi connectivity index (χ0v) is 24.3. The third kappa shape index (κ3) is 22.7. The van der Waals surface area contributed by atoms with Crippen LogP contribution >= 0.6 is 0 Å². The number of rotatable bonds is 22. The molecule has 6 heteroatoms. The van der Waals surface area contributed by atoms with Crippen LogP contribution in [0, 0.1) is 0 Å². The summed E-state index contributed by atoms with van der Waals surface area (Å²) in [5, 5.41) is 9.28. The third-order valence-electron chi connectivity index (χ3n) is 5.99. The third-order valence-corrected chi connectivity index (χ3v) is 7.28. The predicted molar refractivity (Wildman–Crippen MR) is 123 cm³/mol. The number of aliphatic hydroxyl groups excluding tert-OH is 1. The van der Waals surface area contributed by atoms with Crippen LogP contribution < -0.4 is 51.4 Å². The second kappa shape index (κ2) is 23.7. The van der Waals surface area contributed by atoms with E-state index in [1.807, 2.05) is 0 Å². The maximum Gasteiger partial charge on any atom is 1.00 e. The van der Waals surface area contributed by atoms with Crippen LogP contribution in [0.15, 0.2) is 0 Å². The fraction of sp³-hybridized carbons (Fsp3) is 1.00. The van der Waals surface area contributed by atoms with E-state index < -0.39 is 15.4 Å². The molecule has 0 aliphatic heterocycles. The molecule has 4 nitrogen and oxygen atoms in total. The first-order valence-corrected chi connectivity index (χ1v) is 14.0.